The summed E-state index contributed by atoms with van der Waals surface area (Å²) in [6.07, 6.45) is 2.12. The molecule has 2 aromatic heterocycles. The number of amides is 2. The molecule has 2 aliphatic rings. The van der Waals surface area contributed by atoms with Crippen molar-refractivity contribution in [2.24, 2.45) is 5.92 Å². The second kappa shape index (κ2) is 16.3. The molecule has 2 saturated heterocycles. The van der Waals surface area contributed by atoms with Crippen LogP contribution >= 0.6 is 23.2 Å². The Morgan fingerprint density at radius 1 is 1.06 bits per heavy atom. The molecule has 280 valence electrons. The number of benzene rings is 2. The lowest BCUT2D eigenvalue weighted by atomic mass is 10.00. The van der Waals surface area contributed by atoms with Crippen molar-refractivity contribution in [1.29, 1.82) is 0 Å². The fourth-order valence-corrected chi connectivity index (χ4v) is 7.05. The molecule has 0 aliphatic carbocycles. The normalized spacial score (nSPS) is 16.2. The fourth-order valence-electron chi connectivity index (χ4n) is 6.48. The van der Waals surface area contributed by atoms with Gasteiger partial charge in [-0.2, -0.15) is 0 Å². The number of carbonyl (C=O) groups excluding carboxylic acids is 2. The number of ether oxygens (including phenoxy) is 2. The molecule has 53 heavy (non-hydrogen) atoms. The van der Waals surface area contributed by atoms with Crippen LogP contribution in [0.3, 0.4) is 0 Å². The minimum Gasteiger partial charge on any atom is -0.481 e. The Morgan fingerprint density at radius 3 is 2.51 bits per heavy atom. The van der Waals surface area contributed by atoms with Gasteiger partial charge in [0.15, 0.2) is 5.82 Å². The van der Waals surface area contributed by atoms with Gasteiger partial charge in [0.25, 0.3) is 0 Å². The standard InChI is InChI=1S/C39H43Cl2FN6O5/c1-39(2,3)53-38(51)48(21-26-12-14-32(50)44-26)20-25-11-13-29(46-37(25)52-4)27-15-16-43-36(34(27)41)28-8-6-9-30(33(28)40)45-31-10-5-7-24(35(31)42)19-47-17-23(18-47)22-49/h5-11,13,15-16,23,26,45,49H,12,14,17-22H2,1-4H3,(H,44,50)/t26-/m0/s1. The molecule has 2 aliphatic heterocycles. The van der Waals surface area contributed by atoms with Crippen LogP contribution in [0.4, 0.5) is 20.6 Å². The SMILES string of the molecule is COc1nc(-c2ccnc(-c3cccc(Nc4cccc(CN5CC(CO)C5)c4F)c3Cl)c2Cl)ccc1CN(C[C@@H]1CCC(=O)N1)C(=O)OC(C)(C)C. The molecule has 0 saturated carbocycles. The average molecular weight is 766 g/mol. The smallest absolute Gasteiger partial charge is 0.410 e. The number of hydrogen-bond acceptors (Lipinski definition) is 9. The lowest BCUT2D eigenvalue weighted by Gasteiger charge is -2.38. The number of anilines is 2. The maximum absolute atomic E-state index is 15.6. The minimum atomic E-state index is -0.713. The zero-order chi connectivity index (χ0) is 37.9. The van der Waals surface area contributed by atoms with Crippen molar-refractivity contribution in [3.8, 4) is 28.4 Å². The second-order valence-electron chi connectivity index (χ2n) is 14.4. The Hall–Kier alpha value is -4.49. The first-order valence-electron chi connectivity index (χ1n) is 17.5. The van der Waals surface area contributed by atoms with Gasteiger partial charge in [-0.1, -0.05) is 47.5 Å². The van der Waals surface area contributed by atoms with E-state index in [0.29, 0.717) is 68.8 Å². The Kier molecular flexibility index (Phi) is 11.7. The fraction of sp³-hybridized carbons (Fsp3) is 0.385. The summed E-state index contributed by atoms with van der Waals surface area (Å²) in [4.78, 5) is 38.1. The predicted molar refractivity (Wildman–Crippen MR) is 203 cm³/mol. The molecule has 3 N–H and O–H groups in total. The van der Waals surface area contributed by atoms with Crippen molar-refractivity contribution in [2.45, 2.75) is 58.3 Å². The first-order valence-corrected chi connectivity index (χ1v) is 18.2. The molecule has 4 aromatic rings. The van der Waals surface area contributed by atoms with Gasteiger partial charge < -0.3 is 30.1 Å². The Bertz CT molecular complexity index is 1990. The summed E-state index contributed by atoms with van der Waals surface area (Å²) in [7, 11) is 1.50. The van der Waals surface area contributed by atoms with E-state index in [2.05, 4.69) is 20.5 Å². The lowest BCUT2D eigenvalue weighted by molar-refractivity contribution is -0.119. The highest BCUT2D eigenvalue weighted by Gasteiger charge is 2.30. The maximum Gasteiger partial charge on any atom is 0.410 e. The van der Waals surface area contributed by atoms with E-state index in [9.17, 15) is 14.7 Å². The molecule has 14 heteroatoms. The van der Waals surface area contributed by atoms with E-state index in [1.165, 1.54) is 7.11 Å². The number of carbonyl (C=O) groups is 2. The topological polar surface area (TPSA) is 129 Å². The van der Waals surface area contributed by atoms with E-state index in [0.717, 1.165) is 13.1 Å². The second-order valence-corrected chi connectivity index (χ2v) is 15.1. The number of aliphatic hydroxyl groups is 1. The van der Waals surface area contributed by atoms with Crippen molar-refractivity contribution in [2.75, 3.05) is 38.7 Å². The number of aliphatic hydroxyl groups excluding tert-OH is 1. The van der Waals surface area contributed by atoms with Crippen molar-refractivity contribution < 1.29 is 28.6 Å². The number of hydrogen-bond donors (Lipinski definition) is 3. The molecular formula is C39H43Cl2FN6O5. The van der Waals surface area contributed by atoms with Crippen LogP contribution in [-0.2, 0) is 22.6 Å². The van der Waals surface area contributed by atoms with Gasteiger partial charge in [0.1, 0.15) is 5.60 Å². The number of aromatic nitrogens is 2. The number of pyridine rings is 2. The van der Waals surface area contributed by atoms with Gasteiger partial charge in [-0.3, -0.25) is 14.7 Å². The van der Waals surface area contributed by atoms with Gasteiger partial charge in [0.05, 0.1) is 46.5 Å². The molecule has 1 atom stereocenters. The molecule has 2 aromatic carbocycles. The summed E-state index contributed by atoms with van der Waals surface area (Å²) >= 11 is 14.0. The predicted octanol–water partition coefficient (Wildman–Crippen LogP) is 7.45. The first-order chi connectivity index (χ1) is 25.3. The number of rotatable bonds is 12. The molecule has 11 nitrogen and oxygen atoms in total. The Morgan fingerprint density at radius 2 is 1.81 bits per heavy atom. The highest BCUT2D eigenvalue weighted by Crippen LogP contribution is 2.41. The third kappa shape index (κ3) is 9.01. The molecule has 2 fully saturated rings. The molecule has 0 unspecified atom stereocenters. The number of likely N-dealkylation sites (tertiary alicyclic amines) is 1. The summed E-state index contributed by atoms with van der Waals surface area (Å²) in [5.74, 6) is 0.105. The van der Waals surface area contributed by atoms with E-state index < -0.39 is 11.7 Å². The third-order valence-electron chi connectivity index (χ3n) is 9.12. The zero-order valence-corrected chi connectivity index (χ0v) is 31.6. The molecular weight excluding hydrogens is 722 g/mol. The van der Waals surface area contributed by atoms with Gasteiger partial charge >= 0.3 is 6.09 Å². The van der Waals surface area contributed by atoms with Crippen molar-refractivity contribution >= 4 is 46.6 Å². The highest BCUT2D eigenvalue weighted by atomic mass is 35.5. The number of halogens is 3. The van der Waals surface area contributed by atoms with E-state index in [4.69, 9.17) is 37.7 Å². The molecule has 0 bridgehead atoms. The summed E-state index contributed by atoms with van der Waals surface area (Å²) in [6.45, 7) is 7.84. The molecule has 4 heterocycles. The van der Waals surface area contributed by atoms with Crippen LogP contribution in [0.25, 0.3) is 22.5 Å². The van der Waals surface area contributed by atoms with E-state index in [-0.39, 0.29) is 54.9 Å². The largest absolute Gasteiger partial charge is 0.481 e. The van der Waals surface area contributed by atoms with E-state index in [1.807, 2.05) is 6.07 Å². The van der Waals surface area contributed by atoms with Gasteiger partial charge in [-0.15, -0.1) is 0 Å². The van der Waals surface area contributed by atoms with Crippen molar-refractivity contribution in [3.63, 3.8) is 0 Å². The van der Waals surface area contributed by atoms with Gasteiger partial charge in [0.2, 0.25) is 11.8 Å². The zero-order valence-electron chi connectivity index (χ0n) is 30.1. The molecule has 2 amide bonds. The average Bonchev–Trinajstić information content (AvgIpc) is 3.52. The van der Waals surface area contributed by atoms with Crippen LogP contribution in [0.2, 0.25) is 10.0 Å². The third-order valence-corrected chi connectivity index (χ3v) is 9.91. The number of nitrogens with zero attached hydrogens (tertiary/aromatic N) is 4. The number of methoxy groups -OCH3 is 1. The van der Waals surface area contributed by atoms with Crippen molar-refractivity contribution in [1.82, 2.24) is 25.1 Å². The maximum atomic E-state index is 15.6. The van der Waals surface area contributed by atoms with Crippen LogP contribution in [0.5, 0.6) is 5.88 Å². The minimum absolute atomic E-state index is 0.0454. The van der Waals surface area contributed by atoms with Gasteiger partial charge in [0, 0.05) is 79.6 Å². The van der Waals surface area contributed by atoms with Crippen LogP contribution in [0.1, 0.15) is 44.7 Å². The van der Waals surface area contributed by atoms with Crippen molar-refractivity contribution in [3.05, 3.63) is 87.8 Å². The van der Waals surface area contributed by atoms with Crippen LogP contribution in [-0.4, -0.2) is 81.9 Å². The molecule has 0 spiro atoms. The van der Waals surface area contributed by atoms with Crippen LogP contribution < -0.4 is 15.4 Å². The summed E-state index contributed by atoms with van der Waals surface area (Å²) in [6, 6.07) is 15.7. The van der Waals surface area contributed by atoms with Gasteiger partial charge in [-0.25, -0.2) is 14.2 Å². The lowest BCUT2D eigenvalue weighted by Crippen LogP contribution is -2.47. The van der Waals surface area contributed by atoms with Gasteiger partial charge in [-0.05, 0) is 57.5 Å². The van der Waals surface area contributed by atoms with E-state index in [1.54, 1.807) is 80.4 Å². The summed E-state index contributed by atoms with van der Waals surface area (Å²) in [5, 5.41) is 16.0. The monoisotopic (exact) mass is 764 g/mol. The molecule has 0 radical (unpaired) electrons. The Balaban J connectivity index is 1.24. The van der Waals surface area contributed by atoms with Crippen LogP contribution in [0, 0.1) is 11.7 Å². The van der Waals surface area contributed by atoms with Crippen LogP contribution in [0.15, 0.2) is 60.8 Å². The molecule has 6 rings (SSSR count). The highest BCUT2D eigenvalue weighted by molar-refractivity contribution is 6.39. The Labute approximate surface area is 318 Å². The number of nitrogens with one attached hydrogen (secondary N) is 2. The van der Waals surface area contributed by atoms with E-state index >= 15 is 4.39 Å². The summed E-state index contributed by atoms with van der Waals surface area (Å²) in [5.41, 5.74) is 3.24. The quantitative estimate of drug-likeness (QED) is 0.135. The summed E-state index contributed by atoms with van der Waals surface area (Å²) < 4.78 is 27.0. The first kappa shape index (κ1) is 38.2.